The van der Waals surface area contributed by atoms with Gasteiger partial charge in [0.15, 0.2) is 0 Å². The molecule has 0 bridgehead atoms. The van der Waals surface area contributed by atoms with E-state index in [4.69, 9.17) is 9.84 Å². The molecule has 0 aliphatic carbocycles. The van der Waals surface area contributed by atoms with Crippen molar-refractivity contribution in [3.05, 3.63) is 65.7 Å². The maximum atomic E-state index is 10.8. The SMILES string of the molecule is C[C@H](Oc1ccccc1CC(=O)O)c1ccccc1. The summed E-state index contributed by atoms with van der Waals surface area (Å²) in [5, 5.41) is 8.89. The van der Waals surface area contributed by atoms with Gasteiger partial charge in [-0.1, -0.05) is 48.5 Å². The number of aliphatic carboxylic acids is 1. The Hall–Kier alpha value is -2.29. The van der Waals surface area contributed by atoms with Crippen LogP contribution in [0, 0.1) is 0 Å². The van der Waals surface area contributed by atoms with Gasteiger partial charge in [0.05, 0.1) is 6.42 Å². The number of hydrogen-bond donors (Lipinski definition) is 1. The zero-order valence-corrected chi connectivity index (χ0v) is 10.7. The van der Waals surface area contributed by atoms with E-state index in [0.717, 1.165) is 5.56 Å². The lowest BCUT2D eigenvalue weighted by Crippen LogP contribution is -2.07. The highest BCUT2D eigenvalue weighted by Crippen LogP contribution is 2.25. The molecule has 0 fully saturated rings. The molecule has 0 heterocycles. The van der Waals surface area contributed by atoms with E-state index in [1.54, 1.807) is 12.1 Å². The Kier molecular flexibility index (Phi) is 4.18. The average molecular weight is 256 g/mol. The maximum absolute atomic E-state index is 10.8. The number of benzene rings is 2. The standard InChI is InChI=1S/C16H16O3/c1-12(13-7-3-2-4-8-13)19-15-10-6-5-9-14(15)11-16(17)18/h2-10,12H,11H2,1H3,(H,17,18)/t12-/m0/s1. The third-order valence-corrected chi connectivity index (χ3v) is 2.89. The average Bonchev–Trinajstić information content (AvgIpc) is 2.41. The van der Waals surface area contributed by atoms with Crippen molar-refractivity contribution in [3.63, 3.8) is 0 Å². The molecule has 2 rings (SSSR count). The fraction of sp³-hybridized carbons (Fsp3) is 0.188. The highest BCUT2D eigenvalue weighted by molar-refractivity contribution is 5.71. The van der Waals surface area contributed by atoms with Gasteiger partial charge in [-0.2, -0.15) is 0 Å². The van der Waals surface area contributed by atoms with Gasteiger partial charge >= 0.3 is 5.97 Å². The van der Waals surface area contributed by atoms with Crippen molar-refractivity contribution in [1.29, 1.82) is 0 Å². The van der Waals surface area contributed by atoms with Crippen LogP contribution in [0.5, 0.6) is 5.75 Å². The van der Waals surface area contributed by atoms with Gasteiger partial charge in [0, 0.05) is 5.56 Å². The monoisotopic (exact) mass is 256 g/mol. The molecule has 0 saturated heterocycles. The van der Waals surface area contributed by atoms with Gasteiger partial charge in [-0.05, 0) is 18.6 Å². The third-order valence-electron chi connectivity index (χ3n) is 2.89. The fourth-order valence-electron chi connectivity index (χ4n) is 1.91. The van der Waals surface area contributed by atoms with Crippen LogP contribution in [-0.2, 0) is 11.2 Å². The number of rotatable bonds is 5. The molecule has 0 aromatic heterocycles. The van der Waals surface area contributed by atoms with Crippen LogP contribution in [0.1, 0.15) is 24.2 Å². The van der Waals surface area contributed by atoms with Crippen molar-refractivity contribution in [2.24, 2.45) is 0 Å². The Morgan fingerprint density at radius 3 is 2.42 bits per heavy atom. The lowest BCUT2D eigenvalue weighted by molar-refractivity contribution is -0.136. The summed E-state index contributed by atoms with van der Waals surface area (Å²) in [5.74, 6) is -0.232. The van der Waals surface area contributed by atoms with Gasteiger partial charge in [0.1, 0.15) is 11.9 Å². The molecular formula is C16H16O3. The molecular weight excluding hydrogens is 240 g/mol. The van der Waals surface area contributed by atoms with Gasteiger partial charge in [-0.3, -0.25) is 4.79 Å². The number of carbonyl (C=O) groups is 1. The summed E-state index contributed by atoms with van der Waals surface area (Å²) < 4.78 is 5.87. The van der Waals surface area contributed by atoms with Crippen LogP contribution in [0.2, 0.25) is 0 Å². The number of ether oxygens (including phenoxy) is 1. The minimum atomic E-state index is -0.858. The molecule has 3 heteroatoms. The lowest BCUT2D eigenvalue weighted by Gasteiger charge is -2.17. The predicted molar refractivity (Wildman–Crippen MR) is 73.3 cm³/mol. The van der Waals surface area contributed by atoms with E-state index in [0.29, 0.717) is 11.3 Å². The summed E-state index contributed by atoms with van der Waals surface area (Å²) in [6, 6.07) is 17.1. The Balaban J connectivity index is 2.17. The summed E-state index contributed by atoms with van der Waals surface area (Å²) in [5.41, 5.74) is 1.76. The largest absolute Gasteiger partial charge is 0.486 e. The molecule has 0 unspecified atom stereocenters. The van der Waals surface area contributed by atoms with E-state index in [1.165, 1.54) is 0 Å². The van der Waals surface area contributed by atoms with Crippen LogP contribution >= 0.6 is 0 Å². The minimum absolute atomic E-state index is 0.0301. The van der Waals surface area contributed by atoms with Crippen molar-refractivity contribution < 1.29 is 14.6 Å². The third kappa shape index (κ3) is 3.58. The second kappa shape index (κ2) is 6.05. The molecule has 0 saturated carbocycles. The Morgan fingerprint density at radius 1 is 1.11 bits per heavy atom. The molecule has 2 aromatic rings. The normalized spacial score (nSPS) is 11.8. The topological polar surface area (TPSA) is 46.5 Å². The fourth-order valence-corrected chi connectivity index (χ4v) is 1.91. The number of carboxylic acids is 1. The van der Waals surface area contributed by atoms with Crippen molar-refractivity contribution in [2.45, 2.75) is 19.4 Å². The summed E-state index contributed by atoms with van der Waals surface area (Å²) in [4.78, 5) is 10.8. The van der Waals surface area contributed by atoms with Crippen LogP contribution in [0.25, 0.3) is 0 Å². The molecule has 1 N–H and O–H groups in total. The van der Waals surface area contributed by atoms with Crippen LogP contribution in [0.4, 0.5) is 0 Å². The zero-order chi connectivity index (χ0) is 13.7. The van der Waals surface area contributed by atoms with E-state index >= 15 is 0 Å². The molecule has 19 heavy (non-hydrogen) atoms. The zero-order valence-electron chi connectivity index (χ0n) is 10.7. The molecule has 0 aliphatic heterocycles. The van der Waals surface area contributed by atoms with Crippen molar-refractivity contribution in [1.82, 2.24) is 0 Å². The predicted octanol–water partition coefficient (Wildman–Crippen LogP) is 3.45. The van der Waals surface area contributed by atoms with Crippen LogP contribution < -0.4 is 4.74 Å². The Labute approximate surface area is 112 Å². The molecule has 2 aromatic carbocycles. The molecule has 98 valence electrons. The lowest BCUT2D eigenvalue weighted by atomic mass is 10.1. The molecule has 0 amide bonds. The second-order valence-electron chi connectivity index (χ2n) is 4.35. The Morgan fingerprint density at radius 2 is 1.74 bits per heavy atom. The highest BCUT2D eigenvalue weighted by Gasteiger charge is 2.11. The van der Waals surface area contributed by atoms with Crippen molar-refractivity contribution in [3.8, 4) is 5.75 Å². The molecule has 3 nitrogen and oxygen atoms in total. The summed E-state index contributed by atoms with van der Waals surface area (Å²) in [7, 11) is 0. The molecule has 1 atom stereocenters. The van der Waals surface area contributed by atoms with E-state index in [-0.39, 0.29) is 12.5 Å². The number of para-hydroxylation sites is 1. The molecule has 0 radical (unpaired) electrons. The van der Waals surface area contributed by atoms with Gasteiger partial charge in [-0.25, -0.2) is 0 Å². The first-order chi connectivity index (χ1) is 9.16. The quantitative estimate of drug-likeness (QED) is 0.891. The van der Waals surface area contributed by atoms with Crippen LogP contribution in [0.3, 0.4) is 0 Å². The first kappa shape index (κ1) is 13.1. The van der Waals surface area contributed by atoms with Crippen molar-refractivity contribution >= 4 is 5.97 Å². The minimum Gasteiger partial charge on any atom is -0.486 e. The van der Waals surface area contributed by atoms with Gasteiger partial charge < -0.3 is 9.84 Å². The first-order valence-electron chi connectivity index (χ1n) is 6.18. The van der Waals surface area contributed by atoms with Crippen molar-refractivity contribution in [2.75, 3.05) is 0 Å². The highest BCUT2D eigenvalue weighted by atomic mass is 16.5. The second-order valence-corrected chi connectivity index (χ2v) is 4.35. The summed E-state index contributed by atoms with van der Waals surface area (Å²) >= 11 is 0. The Bertz CT molecular complexity index is 549. The summed E-state index contributed by atoms with van der Waals surface area (Å²) in [6.07, 6.45) is -0.145. The van der Waals surface area contributed by atoms with E-state index in [9.17, 15) is 4.79 Å². The van der Waals surface area contributed by atoms with E-state index in [2.05, 4.69) is 0 Å². The van der Waals surface area contributed by atoms with Crippen LogP contribution in [-0.4, -0.2) is 11.1 Å². The molecule has 0 spiro atoms. The molecule has 0 aliphatic rings. The smallest absolute Gasteiger partial charge is 0.307 e. The summed E-state index contributed by atoms with van der Waals surface area (Å²) in [6.45, 7) is 1.95. The van der Waals surface area contributed by atoms with Gasteiger partial charge in [0.25, 0.3) is 0 Å². The first-order valence-corrected chi connectivity index (χ1v) is 6.18. The number of carboxylic acid groups (broad SMARTS) is 1. The van der Waals surface area contributed by atoms with Crippen LogP contribution in [0.15, 0.2) is 54.6 Å². The van der Waals surface area contributed by atoms with Gasteiger partial charge in [0.2, 0.25) is 0 Å². The number of hydrogen-bond acceptors (Lipinski definition) is 2. The maximum Gasteiger partial charge on any atom is 0.307 e. The van der Waals surface area contributed by atoms with E-state index in [1.807, 2.05) is 49.4 Å². The van der Waals surface area contributed by atoms with E-state index < -0.39 is 5.97 Å². The van der Waals surface area contributed by atoms with Gasteiger partial charge in [-0.15, -0.1) is 0 Å².